The lowest BCUT2D eigenvalue weighted by Gasteiger charge is -2.36. The Morgan fingerprint density at radius 3 is 2.33 bits per heavy atom. The monoisotopic (exact) mass is 673 g/mol. The first-order valence-corrected chi connectivity index (χ1v) is 16.7. The molecule has 0 saturated carbocycles. The van der Waals surface area contributed by atoms with E-state index in [2.05, 4.69) is 44.9 Å². The average Bonchev–Trinajstić information content (AvgIpc) is 3.60. The van der Waals surface area contributed by atoms with Gasteiger partial charge in [-0.3, -0.25) is 9.59 Å². The van der Waals surface area contributed by atoms with Crippen molar-refractivity contribution in [1.29, 1.82) is 0 Å². The maximum Gasteiger partial charge on any atom is 0.437 e. The van der Waals surface area contributed by atoms with Gasteiger partial charge in [0, 0.05) is 57.4 Å². The number of nitrogens with zero attached hydrogens (tertiary/aromatic N) is 5. The molecule has 10 nitrogen and oxygen atoms in total. The molecule has 1 atom stereocenters. The van der Waals surface area contributed by atoms with Crippen molar-refractivity contribution in [2.24, 2.45) is 0 Å². The number of halogens is 3. The fourth-order valence-corrected chi connectivity index (χ4v) is 6.93. The van der Waals surface area contributed by atoms with E-state index < -0.39 is 23.5 Å². The molecule has 256 valence electrons. The van der Waals surface area contributed by atoms with E-state index in [1.807, 2.05) is 40.1 Å². The molecule has 49 heavy (non-hydrogen) atoms. The van der Waals surface area contributed by atoms with Crippen LogP contribution in [0, 0.1) is 0 Å². The summed E-state index contributed by atoms with van der Waals surface area (Å²) in [5, 5.41) is 5.98. The van der Waals surface area contributed by atoms with Crippen molar-refractivity contribution in [1.82, 2.24) is 14.9 Å². The molecule has 2 fully saturated rings. The van der Waals surface area contributed by atoms with Crippen LogP contribution in [0.2, 0.25) is 0 Å². The van der Waals surface area contributed by atoms with Crippen molar-refractivity contribution in [3.05, 3.63) is 95.5 Å². The van der Waals surface area contributed by atoms with E-state index in [4.69, 9.17) is 4.42 Å². The first-order chi connectivity index (χ1) is 23.7. The number of carbonyl (C=O) groups excluding carboxylic acids is 2. The Morgan fingerprint density at radius 2 is 1.61 bits per heavy atom. The highest BCUT2D eigenvalue weighted by Gasteiger charge is 2.42. The van der Waals surface area contributed by atoms with Crippen molar-refractivity contribution in [3.63, 3.8) is 0 Å². The number of nitrogens with one attached hydrogen (secondary N) is 2. The van der Waals surface area contributed by atoms with E-state index in [-0.39, 0.29) is 23.7 Å². The molecule has 3 aliphatic rings. The van der Waals surface area contributed by atoms with Gasteiger partial charge >= 0.3 is 6.18 Å². The van der Waals surface area contributed by atoms with Gasteiger partial charge in [0.25, 0.3) is 11.9 Å². The molecular formula is C36H38F3N7O3. The van der Waals surface area contributed by atoms with Crippen LogP contribution in [0.1, 0.15) is 59.0 Å². The minimum absolute atomic E-state index is 0.109. The van der Waals surface area contributed by atoms with Gasteiger partial charge in [0.15, 0.2) is 5.69 Å². The lowest BCUT2D eigenvalue weighted by molar-refractivity contribution is -0.141. The number of amides is 2. The van der Waals surface area contributed by atoms with Gasteiger partial charge in [-0.2, -0.15) is 18.2 Å². The molecule has 2 aromatic heterocycles. The van der Waals surface area contributed by atoms with E-state index in [1.165, 1.54) is 17.3 Å². The van der Waals surface area contributed by atoms with Crippen LogP contribution >= 0.6 is 0 Å². The maximum absolute atomic E-state index is 14.0. The van der Waals surface area contributed by atoms with Crippen molar-refractivity contribution >= 4 is 35.0 Å². The zero-order valence-electron chi connectivity index (χ0n) is 27.0. The molecule has 3 aliphatic heterocycles. The SMILES string of the molecule is O=C(Nc1ccc(N2CCN(C(=O)CC3CCc4ccccc4N3)CC2)nc1)c1oc(N2CCC(c3ccccc3)CC2)nc1C(F)(F)F. The highest BCUT2D eigenvalue weighted by atomic mass is 19.4. The van der Waals surface area contributed by atoms with Crippen molar-refractivity contribution in [2.45, 2.75) is 50.2 Å². The normalized spacial score (nSPS) is 18.5. The Balaban J connectivity index is 0.927. The van der Waals surface area contributed by atoms with Crippen LogP contribution in [-0.4, -0.2) is 72.0 Å². The number of piperazine rings is 1. The smallest absolute Gasteiger partial charge is 0.417 e. The second kappa shape index (κ2) is 13.8. The Labute approximate surface area is 282 Å². The second-order valence-corrected chi connectivity index (χ2v) is 12.8. The lowest BCUT2D eigenvalue weighted by Crippen LogP contribution is -2.50. The highest BCUT2D eigenvalue weighted by molar-refractivity contribution is 6.03. The Bertz CT molecular complexity index is 1760. The summed E-state index contributed by atoms with van der Waals surface area (Å²) in [6.07, 6.45) is 0.290. The number of fused-ring (bicyclic) bond motifs is 1. The highest BCUT2D eigenvalue weighted by Crippen LogP contribution is 2.36. The molecule has 13 heteroatoms. The van der Waals surface area contributed by atoms with Crippen LogP contribution in [0.25, 0.3) is 0 Å². The van der Waals surface area contributed by atoms with Crippen LogP contribution in [0.5, 0.6) is 0 Å². The molecule has 0 aliphatic carbocycles. The van der Waals surface area contributed by atoms with Gasteiger partial charge in [-0.05, 0) is 60.9 Å². The third-order valence-electron chi connectivity index (χ3n) is 9.65. The van der Waals surface area contributed by atoms with Crippen molar-refractivity contribution in [3.8, 4) is 0 Å². The predicted molar refractivity (Wildman–Crippen MR) is 180 cm³/mol. The van der Waals surface area contributed by atoms with E-state index in [0.717, 1.165) is 31.4 Å². The van der Waals surface area contributed by atoms with E-state index >= 15 is 0 Å². The number of piperidine rings is 1. The first kappa shape index (κ1) is 32.5. The summed E-state index contributed by atoms with van der Waals surface area (Å²) in [6, 6.07) is 21.4. The zero-order chi connectivity index (χ0) is 34.0. The summed E-state index contributed by atoms with van der Waals surface area (Å²) in [5.41, 5.74) is 2.44. The molecule has 2 saturated heterocycles. The molecule has 7 rings (SSSR count). The van der Waals surface area contributed by atoms with Crippen molar-refractivity contribution < 1.29 is 27.2 Å². The molecule has 5 heterocycles. The number of para-hydroxylation sites is 1. The summed E-state index contributed by atoms with van der Waals surface area (Å²) in [4.78, 5) is 39.8. The molecule has 1 unspecified atom stereocenters. The van der Waals surface area contributed by atoms with E-state index in [1.54, 1.807) is 17.0 Å². The minimum atomic E-state index is -4.87. The number of aromatic nitrogens is 2. The first-order valence-electron chi connectivity index (χ1n) is 16.7. The second-order valence-electron chi connectivity index (χ2n) is 12.8. The third kappa shape index (κ3) is 7.35. The number of oxazole rings is 1. The molecule has 4 aromatic rings. The van der Waals surface area contributed by atoms with Gasteiger partial charge in [-0.25, -0.2) is 4.98 Å². The molecule has 0 radical (unpaired) electrons. The number of anilines is 4. The van der Waals surface area contributed by atoms with Crippen LogP contribution < -0.4 is 20.4 Å². The number of benzene rings is 2. The summed E-state index contributed by atoms with van der Waals surface area (Å²) >= 11 is 0. The molecule has 2 amide bonds. The van der Waals surface area contributed by atoms with Gasteiger partial charge in [0.2, 0.25) is 11.7 Å². The lowest BCUT2D eigenvalue weighted by atomic mass is 9.90. The van der Waals surface area contributed by atoms with E-state index in [0.29, 0.717) is 57.4 Å². The number of aryl methyl sites for hydroxylation is 1. The molecule has 2 aromatic carbocycles. The summed E-state index contributed by atoms with van der Waals surface area (Å²) in [7, 11) is 0. The van der Waals surface area contributed by atoms with Crippen LogP contribution in [0.4, 0.5) is 36.4 Å². The number of alkyl halides is 3. The predicted octanol–water partition coefficient (Wildman–Crippen LogP) is 6.19. The van der Waals surface area contributed by atoms with Gasteiger partial charge in [0.05, 0.1) is 11.9 Å². The fourth-order valence-electron chi connectivity index (χ4n) is 6.93. The molecule has 2 N–H and O–H groups in total. The van der Waals surface area contributed by atoms with Gasteiger partial charge in [-0.15, -0.1) is 0 Å². The fraction of sp³-hybridized carbons (Fsp3) is 0.389. The number of carbonyl (C=O) groups is 2. The zero-order valence-corrected chi connectivity index (χ0v) is 27.0. The number of hydrogen-bond acceptors (Lipinski definition) is 8. The Hall–Kier alpha value is -5.07. The van der Waals surface area contributed by atoms with Crippen LogP contribution in [-0.2, 0) is 17.4 Å². The largest absolute Gasteiger partial charge is 0.437 e. The minimum Gasteiger partial charge on any atom is -0.417 e. The standard InChI is InChI=1S/C36H38F3N7O3/c37-36(38,39)33-32(49-35(43-33)46-16-14-25(15-17-46)24-6-2-1-3-7-24)34(48)42-28-12-13-30(40-23-28)44-18-20-45(21-19-44)31(47)22-27-11-10-26-8-4-5-9-29(26)41-27/h1-9,12-13,23,25,27,41H,10-11,14-22H2,(H,42,48). The molecule has 0 bridgehead atoms. The Kier molecular flexibility index (Phi) is 9.15. The van der Waals surface area contributed by atoms with Gasteiger partial charge in [-0.1, -0.05) is 48.5 Å². The van der Waals surface area contributed by atoms with Gasteiger partial charge < -0.3 is 29.8 Å². The third-order valence-corrected chi connectivity index (χ3v) is 9.65. The maximum atomic E-state index is 14.0. The van der Waals surface area contributed by atoms with E-state index in [9.17, 15) is 22.8 Å². The topological polar surface area (TPSA) is 107 Å². The van der Waals surface area contributed by atoms with Crippen molar-refractivity contribution in [2.75, 3.05) is 59.7 Å². The summed E-state index contributed by atoms with van der Waals surface area (Å²) < 4.78 is 47.3. The summed E-state index contributed by atoms with van der Waals surface area (Å²) in [6.45, 7) is 3.20. The molecular weight excluding hydrogens is 635 g/mol. The quantitative estimate of drug-likeness (QED) is 0.239. The Morgan fingerprint density at radius 1 is 0.878 bits per heavy atom. The van der Waals surface area contributed by atoms with Gasteiger partial charge in [0.1, 0.15) is 5.82 Å². The molecule has 0 spiro atoms. The van der Waals surface area contributed by atoms with Crippen LogP contribution in [0.3, 0.4) is 0 Å². The number of pyridine rings is 1. The number of rotatable bonds is 7. The number of hydrogen-bond donors (Lipinski definition) is 2. The summed E-state index contributed by atoms with van der Waals surface area (Å²) in [5.74, 6) is -0.879. The average molecular weight is 674 g/mol. The van der Waals surface area contributed by atoms with Crippen LogP contribution in [0.15, 0.2) is 77.3 Å².